The van der Waals surface area contributed by atoms with Crippen molar-refractivity contribution in [1.29, 1.82) is 0 Å². The molecule has 1 amide bonds. The van der Waals surface area contributed by atoms with Gasteiger partial charge in [0.25, 0.3) is 5.91 Å². The van der Waals surface area contributed by atoms with Crippen molar-refractivity contribution < 1.29 is 9.00 Å². The van der Waals surface area contributed by atoms with E-state index in [9.17, 15) is 9.00 Å². The summed E-state index contributed by atoms with van der Waals surface area (Å²) in [5.74, 6) is 1.22. The first-order valence-corrected chi connectivity index (χ1v) is 7.57. The zero-order chi connectivity index (χ0) is 13.1. The lowest BCUT2D eigenvalue weighted by molar-refractivity contribution is 0.0935. The topological polar surface area (TPSA) is 72.2 Å². The number of nitrogen functional groups attached to an aromatic ring is 1. The summed E-state index contributed by atoms with van der Waals surface area (Å²) in [6.07, 6.45) is 1.56. The van der Waals surface area contributed by atoms with E-state index in [4.69, 9.17) is 5.73 Å². The lowest BCUT2D eigenvalue weighted by Gasteiger charge is -2.22. The monoisotopic (exact) mass is 266 g/mol. The molecular weight excluding hydrogens is 248 g/mol. The van der Waals surface area contributed by atoms with E-state index in [1.807, 2.05) is 13.0 Å². The van der Waals surface area contributed by atoms with Crippen LogP contribution in [-0.2, 0) is 10.8 Å². The number of hydrogen-bond donors (Lipinski definition) is 2. The quantitative estimate of drug-likeness (QED) is 0.791. The Bertz CT molecular complexity index is 478. The van der Waals surface area contributed by atoms with Crippen LogP contribution >= 0.6 is 0 Å². The summed E-state index contributed by atoms with van der Waals surface area (Å²) in [6.45, 7) is 1.93. The summed E-state index contributed by atoms with van der Waals surface area (Å²) in [6, 6.07) is 5.55. The molecule has 1 aliphatic rings. The molecule has 5 heteroatoms. The van der Waals surface area contributed by atoms with Crippen molar-refractivity contribution in [3.05, 3.63) is 29.3 Å². The van der Waals surface area contributed by atoms with Crippen molar-refractivity contribution in [3.63, 3.8) is 0 Å². The molecule has 1 aliphatic heterocycles. The maximum absolute atomic E-state index is 12.1. The number of hydrogen-bond acceptors (Lipinski definition) is 3. The van der Waals surface area contributed by atoms with E-state index in [0.29, 0.717) is 22.8 Å². The summed E-state index contributed by atoms with van der Waals surface area (Å²) in [5.41, 5.74) is 7.85. The number of nitrogens with two attached hydrogens (primary N) is 1. The van der Waals surface area contributed by atoms with Gasteiger partial charge in [0, 0.05) is 34.0 Å². The van der Waals surface area contributed by atoms with Crippen LogP contribution in [-0.4, -0.2) is 27.7 Å². The first kappa shape index (κ1) is 13.1. The number of anilines is 1. The second-order valence-electron chi connectivity index (χ2n) is 4.69. The molecule has 98 valence electrons. The van der Waals surface area contributed by atoms with E-state index < -0.39 is 10.8 Å². The predicted octanol–water partition coefficient (Wildman–Crippen LogP) is 1.22. The van der Waals surface area contributed by atoms with E-state index in [-0.39, 0.29) is 11.9 Å². The fraction of sp³-hybridized carbons (Fsp3) is 0.462. The third kappa shape index (κ3) is 3.10. The van der Waals surface area contributed by atoms with Crippen LogP contribution in [0.5, 0.6) is 0 Å². The average molecular weight is 266 g/mol. The molecule has 1 aromatic carbocycles. The third-order valence-electron chi connectivity index (χ3n) is 3.18. The number of benzene rings is 1. The van der Waals surface area contributed by atoms with Crippen LogP contribution in [0, 0.1) is 6.92 Å². The smallest absolute Gasteiger partial charge is 0.253 e. The molecule has 0 atom stereocenters. The number of rotatable bonds is 2. The molecule has 0 aromatic heterocycles. The van der Waals surface area contributed by atoms with Crippen LogP contribution in [0.25, 0.3) is 0 Å². The molecule has 0 aliphatic carbocycles. The highest BCUT2D eigenvalue weighted by Gasteiger charge is 2.20. The fourth-order valence-corrected chi connectivity index (χ4v) is 3.37. The molecule has 0 saturated carbocycles. The van der Waals surface area contributed by atoms with Crippen molar-refractivity contribution in [1.82, 2.24) is 5.32 Å². The number of nitrogens with one attached hydrogen (secondary N) is 1. The van der Waals surface area contributed by atoms with Gasteiger partial charge in [0.05, 0.1) is 5.56 Å². The molecule has 1 saturated heterocycles. The Kier molecular flexibility index (Phi) is 4.01. The summed E-state index contributed by atoms with van der Waals surface area (Å²) < 4.78 is 11.2. The van der Waals surface area contributed by atoms with Gasteiger partial charge in [-0.15, -0.1) is 0 Å². The standard InChI is InChI=1S/C13H18N2O2S/c1-9-2-3-12(14)11(8-9)13(16)15-10-4-6-18(17)7-5-10/h2-3,8,10H,4-7,14H2,1H3,(H,15,16). The van der Waals surface area contributed by atoms with Crippen molar-refractivity contribution in [2.24, 2.45) is 0 Å². The van der Waals surface area contributed by atoms with Crippen LogP contribution < -0.4 is 11.1 Å². The molecule has 0 unspecified atom stereocenters. The molecule has 0 bridgehead atoms. The zero-order valence-electron chi connectivity index (χ0n) is 10.4. The molecule has 1 heterocycles. The Morgan fingerprint density at radius 1 is 1.39 bits per heavy atom. The van der Waals surface area contributed by atoms with Crippen LogP contribution in [0.15, 0.2) is 18.2 Å². The summed E-state index contributed by atoms with van der Waals surface area (Å²) in [5, 5.41) is 2.97. The lowest BCUT2D eigenvalue weighted by Crippen LogP contribution is -2.39. The Morgan fingerprint density at radius 2 is 2.06 bits per heavy atom. The highest BCUT2D eigenvalue weighted by Crippen LogP contribution is 2.15. The van der Waals surface area contributed by atoms with E-state index in [1.165, 1.54) is 0 Å². The Balaban J connectivity index is 2.03. The van der Waals surface area contributed by atoms with Gasteiger partial charge < -0.3 is 11.1 Å². The molecule has 0 radical (unpaired) electrons. The highest BCUT2D eigenvalue weighted by atomic mass is 32.2. The van der Waals surface area contributed by atoms with Crippen molar-refractivity contribution in [2.45, 2.75) is 25.8 Å². The predicted molar refractivity (Wildman–Crippen MR) is 74.0 cm³/mol. The Labute approximate surface area is 109 Å². The number of aryl methyl sites for hydroxylation is 1. The number of amides is 1. The van der Waals surface area contributed by atoms with Crippen molar-refractivity contribution in [3.8, 4) is 0 Å². The first-order chi connectivity index (χ1) is 8.56. The van der Waals surface area contributed by atoms with Crippen molar-refractivity contribution >= 4 is 22.4 Å². The van der Waals surface area contributed by atoms with Gasteiger partial charge in [-0.25, -0.2) is 0 Å². The fourth-order valence-electron chi connectivity index (χ4n) is 2.07. The Hall–Kier alpha value is -1.36. The summed E-state index contributed by atoms with van der Waals surface area (Å²) >= 11 is 0. The van der Waals surface area contributed by atoms with Crippen LogP contribution in [0.2, 0.25) is 0 Å². The van der Waals surface area contributed by atoms with Gasteiger partial charge in [-0.3, -0.25) is 9.00 Å². The first-order valence-electron chi connectivity index (χ1n) is 6.08. The highest BCUT2D eigenvalue weighted by molar-refractivity contribution is 7.85. The van der Waals surface area contributed by atoms with E-state index in [0.717, 1.165) is 18.4 Å². The van der Waals surface area contributed by atoms with Gasteiger partial charge in [0.2, 0.25) is 0 Å². The van der Waals surface area contributed by atoms with Crippen LogP contribution in [0.4, 0.5) is 5.69 Å². The molecule has 4 nitrogen and oxygen atoms in total. The normalized spacial score (nSPS) is 23.6. The minimum absolute atomic E-state index is 0.120. The van der Waals surface area contributed by atoms with E-state index >= 15 is 0 Å². The second kappa shape index (κ2) is 5.52. The van der Waals surface area contributed by atoms with Gasteiger partial charge in [-0.1, -0.05) is 11.6 Å². The molecule has 3 N–H and O–H groups in total. The maximum Gasteiger partial charge on any atom is 0.253 e. The lowest BCUT2D eigenvalue weighted by atomic mass is 10.1. The molecule has 0 spiro atoms. The second-order valence-corrected chi connectivity index (χ2v) is 6.38. The van der Waals surface area contributed by atoms with Gasteiger partial charge >= 0.3 is 0 Å². The summed E-state index contributed by atoms with van der Waals surface area (Å²) in [4.78, 5) is 12.1. The van der Waals surface area contributed by atoms with E-state index in [1.54, 1.807) is 12.1 Å². The molecule has 1 aromatic rings. The van der Waals surface area contributed by atoms with Gasteiger partial charge in [-0.05, 0) is 31.9 Å². The van der Waals surface area contributed by atoms with Gasteiger partial charge in [-0.2, -0.15) is 0 Å². The molecule has 18 heavy (non-hydrogen) atoms. The SMILES string of the molecule is Cc1ccc(N)c(C(=O)NC2CCS(=O)CC2)c1. The van der Waals surface area contributed by atoms with Gasteiger partial charge in [0.15, 0.2) is 0 Å². The van der Waals surface area contributed by atoms with Crippen molar-refractivity contribution in [2.75, 3.05) is 17.2 Å². The Morgan fingerprint density at radius 3 is 2.72 bits per heavy atom. The summed E-state index contributed by atoms with van der Waals surface area (Å²) in [7, 11) is -0.704. The number of carbonyl (C=O) groups is 1. The third-order valence-corrected chi connectivity index (χ3v) is 4.56. The molecule has 1 fully saturated rings. The van der Waals surface area contributed by atoms with Crippen LogP contribution in [0.1, 0.15) is 28.8 Å². The average Bonchev–Trinajstić information content (AvgIpc) is 2.35. The van der Waals surface area contributed by atoms with Gasteiger partial charge in [0.1, 0.15) is 0 Å². The minimum Gasteiger partial charge on any atom is -0.398 e. The van der Waals surface area contributed by atoms with E-state index in [2.05, 4.69) is 5.32 Å². The maximum atomic E-state index is 12.1. The zero-order valence-corrected chi connectivity index (χ0v) is 11.3. The molecule has 2 rings (SSSR count). The largest absolute Gasteiger partial charge is 0.398 e. The number of carbonyl (C=O) groups excluding carboxylic acids is 1. The molecular formula is C13H18N2O2S. The minimum atomic E-state index is -0.704. The van der Waals surface area contributed by atoms with Crippen LogP contribution in [0.3, 0.4) is 0 Å².